The number of anilines is 1. The average molecular weight is 291 g/mol. The van der Waals surface area contributed by atoms with Gasteiger partial charge in [-0.2, -0.15) is 0 Å². The molecule has 1 aromatic rings. The van der Waals surface area contributed by atoms with Crippen molar-refractivity contribution in [2.45, 2.75) is 45.8 Å². The molecule has 0 aromatic carbocycles. The number of rotatable bonds is 5. The van der Waals surface area contributed by atoms with Crippen LogP contribution in [0.15, 0.2) is 18.2 Å². The molecule has 0 spiro atoms. The molecule has 5 nitrogen and oxygen atoms in total. The van der Waals surface area contributed by atoms with Gasteiger partial charge in [0.2, 0.25) is 0 Å². The maximum Gasteiger partial charge on any atom is 0.272 e. The molecular weight excluding hydrogens is 266 g/mol. The van der Waals surface area contributed by atoms with Gasteiger partial charge in [0.25, 0.3) is 5.91 Å². The molecule has 0 aliphatic carbocycles. The van der Waals surface area contributed by atoms with Crippen molar-refractivity contribution in [1.29, 1.82) is 0 Å². The number of amides is 1. The van der Waals surface area contributed by atoms with Crippen LogP contribution in [0.3, 0.4) is 0 Å². The Morgan fingerprint density at radius 1 is 1.48 bits per heavy atom. The van der Waals surface area contributed by atoms with E-state index in [1.807, 2.05) is 24.0 Å². The molecule has 1 amide bonds. The van der Waals surface area contributed by atoms with Crippen LogP contribution in [0.5, 0.6) is 0 Å². The number of morpholine rings is 1. The summed E-state index contributed by atoms with van der Waals surface area (Å²) in [5.41, 5.74) is 0.503. The van der Waals surface area contributed by atoms with Crippen LogP contribution in [0.25, 0.3) is 0 Å². The fraction of sp³-hybridized carbons (Fsp3) is 0.625. The van der Waals surface area contributed by atoms with Crippen molar-refractivity contribution in [3.8, 4) is 0 Å². The van der Waals surface area contributed by atoms with Gasteiger partial charge in [-0.05, 0) is 31.9 Å². The lowest BCUT2D eigenvalue weighted by Gasteiger charge is -2.38. The van der Waals surface area contributed by atoms with Crippen LogP contribution in [0, 0.1) is 0 Å². The van der Waals surface area contributed by atoms with Crippen molar-refractivity contribution >= 4 is 11.7 Å². The molecule has 116 valence electrons. The number of nitrogens with one attached hydrogen (secondary N) is 1. The minimum absolute atomic E-state index is 0.00264. The maximum atomic E-state index is 12.7. The maximum absolute atomic E-state index is 12.7. The Bertz CT molecular complexity index is 478. The number of hydrogen-bond donors (Lipinski definition) is 1. The van der Waals surface area contributed by atoms with Crippen molar-refractivity contribution < 1.29 is 9.53 Å². The van der Waals surface area contributed by atoms with Gasteiger partial charge in [0.15, 0.2) is 0 Å². The Balaban J connectivity index is 2.13. The van der Waals surface area contributed by atoms with Crippen LogP contribution >= 0.6 is 0 Å². The van der Waals surface area contributed by atoms with Gasteiger partial charge in [-0.1, -0.05) is 19.9 Å². The van der Waals surface area contributed by atoms with Crippen LogP contribution in [-0.2, 0) is 4.74 Å². The summed E-state index contributed by atoms with van der Waals surface area (Å²) in [4.78, 5) is 19.1. The molecule has 2 rings (SSSR count). The van der Waals surface area contributed by atoms with Gasteiger partial charge >= 0.3 is 0 Å². The van der Waals surface area contributed by atoms with Crippen LogP contribution in [0.4, 0.5) is 5.82 Å². The van der Waals surface area contributed by atoms with Gasteiger partial charge in [0, 0.05) is 13.1 Å². The third-order valence-electron chi connectivity index (χ3n) is 3.72. The minimum atomic E-state index is -0.00264. The average Bonchev–Trinajstić information content (AvgIpc) is 2.52. The Hall–Kier alpha value is -1.62. The quantitative estimate of drug-likeness (QED) is 0.906. The van der Waals surface area contributed by atoms with Crippen molar-refractivity contribution in [3.05, 3.63) is 23.9 Å². The number of ether oxygens (including phenoxy) is 1. The Kier molecular flexibility index (Phi) is 5.56. The van der Waals surface area contributed by atoms with Crippen molar-refractivity contribution in [2.24, 2.45) is 0 Å². The molecule has 1 aliphatic rings. The first-order valence-corrected chi connectivity index (χ1v) is 7.79. The number of hydrogen-bond acceptors (Lipinski definition) is 4. The number of nitrogens with zero attached hydrogens (tertiary/aromatic N) is 2. The Labute approximate surface area is 126 Å². The molecule has 1 aromatic heterocycles. The van der Waals surface area contributed by atoms with Crippen LogP contribution in [0.2, 0.25) is 0 Å². The molecule has 1 fully saturated rings. The molecule has 2 heterocycles. The van der Waals surface area contributed by atoms with Gasteiger partial charge in [-0.15, -0.1) is 0 Å². The predicted molar refractivity (Wildman–Crippen MR) is 83.5 cm³/mol. The Morgan fingerprint density at radius 3 is 3.00 bits per heavy atom. The lowest BCUT2D eigenvalue weighted by Crippen LogP contribution is -2.51. The molecule has 1 N–H and O–H groups in total. The standard InChI is InChI=1S/C16H25N3O2/c1-4-9-17-15-8-6-7-14(18-15)16(20)19-10-12(3)21-11-13(19)5-2/h6-8,12-13H,4-5,9-11H2,1-3H3,(H,17,18). The van der Waals surface area contributed by atoms with Gasteiger partial charge in [-0.3, -0.25) is 4.79 Å². The molecule has 0 bridgehead atoms. The fourth-order valence-corrected chi connectivity index (χ4v) is 2.48. The summed E-state index contributed by atoms with van der Waals surface area (Å²) in [6, 6.07) is 5.70. The summed E-state index contributed by atoms with van der Waals surface area (Å²) in [7, 11) is 0. The molecular formula is C16H25N3O2. The highest BCUT2D eigenvalue weighted by atomic mass is 16.5. The van der Waals surface area contributed by atoms with Crippen molar-refractivity contribution in [1.82, 2.24) is 9.88 Å². The van der Waals surface area contributed by atoms with Crippen LogP contribution in [0.1, 0.15) is 44.1 Å². The zero-order valence-corrected chi connectivity index (χ0v) is 13.1. The van der Waals surface area contributed by atoms with E-state index in [2.05, 4.69) is 24.1 Å². The lowest BCUT2D eigenvalue weighted by molar-refractivity contribution is -0.0445. The summed E-state index contributed by atoms with van der Waals surface area (Å²) in [5.74, 6) is 0.759. The second-order valence-corrected chi connectivity index (χ2v) is 5.50. The minimum Gasteiger partial charge on any atom is -0.375 e. The molecule has 2 atom stereocenters. The van der Waals surface area contributed by atoms with E-state index in [-0.39, 0.29) is 18.1 Å². The smallest absolute Gasteiger partial charge is 0.272 e. The zero-order valence-electron chi connectivity index (χ0n) is 13.1. The molecule has 1 saturated heterocycles. The summed E-state index contributed by atoms with van der Waals surface area (Å²) in [6.45, 7) is 8.28. The first kappa shape index (κ1) is 15.8. The van der Waals surface area contributed by atoms with E-state index >= 15 is 0 Å². The molecule has 21 heavy (non-hydrogen) atoms. The van der Waals surface area contributed by atoms with E-state index in [0.29, 0.717) is 18.8 Å². The third-order valence-corrected chi connectivity index (χ3v) is 3.72. The van der Waals surface area contributed by atoms with Gasteiger partial charge in [-0.25, -0.2) is 4.98 Å². The third kappa shape index (κ3) is 3.94. The number of carbonyl (C=O) groups is 1. The largest absolute Gasteiger partial charge is 0.375 e. The Morgan fingerprint density at radius 2 is 2.29 bits per heavy atom. The first-order valence-electron chi connectivity index (χ1n) is 7.79. The summed E-state index contributed by atoms with van der Waals surface area (Å²) < 4.78 is 5.65. The second kappa shape index (κ2) is 7.41. The van der Waals surface area contributed by atoms with Crippen molar-refractivity contribution in [3.63, 3.8) is 0 Å². The highest BCUT2D eigenvalue weighted by molar-refractivity contribution is 5.93. The number of aromatic nitrogens is 1. The normalized spacial score (nSPS) is 22.1. The monoisotopic (exact) mass is 291 g/mol. The fourth-order valence-electron chi connectivity index (χ4n) is 2.48. The highest BCUT2D eigenvalue weighted by Crippen LogP contribution is 2.18. The van der Waals surface area contributed by atoms with Crippen LogP contribution in [-0.4, -0.2) is 47.6 Å². The van der Waals surface area contributed by atoms with E-state index < -0.39 is 0 Å². The van der Waals surface area contributed by atoms with Gasteiger partial charge < -0.3 is 15.0 Å². The van der Waals surface area contributed by atoms with E-state index in [4.69, 9.17) is 4.74 Å². The predicted octanol–water partition coefficient (Wildman–Crippen LogP) is 2.54. The second-order valence-electron chi connectivity index (χ2n) is 5.50. The van der Waals surface area contributed by atoms with E-state index in [1.54, 1.807) is 6.07 Å². The van der Waals surface area contributed by atoms with E-state index in [9.17, 15) is 4.79 Å². The molecule has 1 aliphatic heterocycles. The molecule has 2 unspecified atom stereocenters. The highest BCUT2D eigenvalue weighted by Gasteiger charge is 2.30. The summed E-state index contributed by atoms with van der Waals surface area (Å²) in [5, 5.41) is 3.22. The van der Waals surface area contributed by atoms with Crippen molar-refractivity contribution in [2.75, 3.05) is 25.0 Å². The van der Waals surface area contributed by atoms with E-state index in [1.165, 1.54) is 0 Å². The van der Waals surface area contributed by atoms with E-state index in [0.717, 1.165) is 25.2 Å². The van der Waals surface area contributed by atoms with Gasteiger partial charge in [0.05, 0.1) is 18.8 Å². The summed E-state index contributed by atoms with van der Waals surface area (Å²) in [6.07, 6.45) is 2.00. The van der Waals surface area contributed by atoms with Gasteiger partial charge in [0.1, 0.15) is 11.5 Å². The lowest BCUT2D eigenvalue weighted by atomic mass is 10.1. The zero-order chi connectivity index (χ0) is 15.2. The topological polar surface area (TPSA) is 54.5 Å². The SMILES string of the molecule is CCCNc1cccc(C(=O)N2CC(C)OCC2CC)n1. The number of carbonyl (C=O) groups excluding carboxylic acids is 1. The number of pyridine rings is 1. The van der Waals surface area contributed by atoms with Crippen LogP contribution < -0.4 is 5.32 Å². The molecule has 5 heteroatoms. The summed E-state index contributed by atoms with van der Waals surface area (Å²) >= 11 is 0. The molecule has 0 saturated carbocycles. The molecule has 0 radical (unpaired) electrons. The first-order chi connectivity index (χ1) is 10.2.